The molecule has 0 aliphatic heterocycles. The highest BCUT2D eigenvalue weighted by Gasteiger charge is 2.18. The molecule has 0 atom stereocenters. The predicted molar refractivity (Wildman–Crippen MR) is 144 cm³/mol. The molecule has 0 saturated carbocycles. The van der Waals surface area contributed by atoms with Crippen LogP contribution in [0, 0.1) is 5.82 Å². The average Bonchev–Trinajstić information content (AvgIpc) is 3.54. The molecule has 6 aromatic rings. The van der Waals surface area contributed by atoms with Crippen molar-refractivity contribution >= 4 is 69.0 Å². The molecule has 0 unspecified atom stereocenters. The van der Waals surface area contributed by atoms with Gasteiger partial charge in [0.05, 0.1) is 29.2 Å². The molecule has 0 radical (unpaired) electrons. The second-order valence-corrected chi connectivity index (χ2v) is 8.76. The Morgan fingerprint density at radius 1 is 0.800 bits per heavy atom. The van der Waals surface area contributed by atoms with Crippen molar-refractivity contribution in [3.8, 4) is 0 Å². The second kappa shape index (κ2) is 9.55. The maximum Gasteiger partial charge on any atom is 0.260 e. The van der Waals surface area contributed by atoms with E-state index in [0.717, 1.165) is 6.07 Å². The van der Waals surface area contributed by atoms with Crippen molar-refractivity contribution < 1.29 is 14.0 Å². The highest BCUT2D eigenvalue weighted by Crippen LogP contribution is 2.21. The molecule has 4 aromatic heterocycles. The topological polar surface area (TPSA) is 197 Å². The van der Waals surface area contributed by atoms with E-state index in [1.165, 1.54) is 58.7 Å². The van der Waals surface area contributed by atoms with Crippen molar-refractivity contribution in [2.75, 3.05) is 22.1 Å². The Hall–Kier alpha value is -5.70. The van der Waals surface area contributed by atoms with E-state index in [-0.39, 0.29) is 40.0 Å². The van der Waals surface area contributed by atoms with Gasteiger partial charge in [0.2, 0.25) is 11.9 Å². The number of anilines is 4. The van der Waals surface area contributed by atoms with E-state index in [9.17, 15) is 14.0 Å². The van der Waals surface area contributed by atoms with Crippen molar-refractivity contribution in [1.82, 2.24) is 39.3 Å². The number of carbonyl (C=O) groups excluding carboxylic acids is 2. The summed E-state index contributed by atoms with van der Waals surface area (Å²) >= 11 is 5.99. The maximum absolute atomic E-state index is 13.8. The van der Waals surface area contributed by atoms with Gasteiger partial charge >= 0.3 is 0 Å². The number of aromatic nitrogens is 8. The van der Waals surface area contributed by atoms with Gasteiger partial charge in [0.1, 0.15) is 29.5 Å². The number of amides is 2. The molecule has 0 saturated heterocycles. The van der Waals surface area contributed by atoms with Gasteiger partial charge in [-0.1, -0.05) is 17.7 Å². The second-order valence-electron chi connectivity index (χ2n) is 8.32. The van der Waals surface area contributed by atoms with Crippen LogP contribution in [0.4, 0.5) is 27.7 Å². The molecule has 2 amide bonds. The lowest BCUT2D eigenvalue weighted by atomic mass is 10.1. The van der Waals surface area contributed by atoms with Crippen LogP contribution in [0.3, 0.4) is 0 Å². The first-order valence-electron chi connectivity index (χ1n) is 11.4. The number of hydrogen-bond acceptors (Lipinski definition) is 10. The molecule has 4 heterocycles. The third kappa shape index (κ3) is 4.35. The summed E-state index contributed by atoms with van der Waals surface area (Å²) in [4.78, 5) is 51.1. The predicted octanol–water partition coefficient (Wildman–Crippen LogP) is 2.74. The van der Waals surface area contributed by atoms with Crippen LogP contribution < -0.4 is 22.1 Å². The standard InChI is InChI=1S/C24H16ClFN12O2/c25-11-4-5-15(27)13(6-11)22(40)36-24-30-8-17-20(34-24)38(10-32-17)37-9-31-16-7-29-23(33-19(16)37)35-21(39)12-2-1-3-14(26)18(12)28/h1-10H,27-28H2,(H,29,33,35,39)(H,30,34,36,40). The van der Waals surface area contributed by atoms with Crippen molar-refractivity contribution in [3.05, 3.63) is 83.4 Å². The fraction of sp³-hybridized carbons (Fsp3) is 0. The SMILES string of the molecule is Nc1ccc(Cl)cc1C(=O)Nc1ncc2ncn(-n3cnc4cnc(NC(=O)c5cccc(F)c5N)nc43)c2n1. The van der Waals surface area contributed by atoms with Gasteiger partial charge in [0.15, 0.2) is 11.3 Å². The molecule has 16 heteroatoms. The van der Waals surface area contributed by atoms with Crippen LogP contribution >= 0.6 is 11.6 Å². The normalized spacial score (nSPS) is 11.2. The maximum atomic E-state index is 13.8. The van der Waals surface area contributed by atoms with E-state index in [4.69, 9.17) is 23.1 Å². The van der Waals surface area contributed by atoms with Gasteiger partial charge in [-0.15, -0.1) is 0 Å². The zero-order chi connectivity index (χ0) is 28.0. The van der Waals surface area contributed by atoms with Crippen molar-refractivity contribution in [3.63, 3.8) is 0 Å². The van der Waals surface area contributed by atoms with Crippen LogP contribution in [0.2, 0.25) is 5.02 Å². The van der Waals surface area contributed by atoms with Gasteiger partial charge in [0, 0.05) is 10.7 Å². The smallest absolute Gasteiger partial charge is 0.260 e. The van der Waals surface area contributed by atoms with E-state index in [0.29, 0.717) is 21.7 Å². The Bertz CT molecular complexity index is 1880. The van der Waals surface area contributed by atoms with Crippen LogP contribution in [-0.4, -0.2) is 51.1 Å². The van der Waals surface area contributed by atoms with Crippen LogP contribution in [0.5, 0.6) is 0 Å². The molecule has 0 bridgehead atoms. The van der Waals surface area contributed by atoms with E-state index in [2.05, 4.69) is 40.5 Å². The van der Waals surface area contributed by atoms with E-state index < -0.39 is 17.6 Å². The van der Waals surface area contributed by atoms with E-state index in [1.807, 2.05) is 0 Å². The van der Waals surface area contributed by atoms with Gasteiger partial charge in [0.25, 0.3) is 11.8 Å². The van der Waals surface area contributed by atoms with Gasteiger partial charge in [-0.2, -0.15) is 9.97 Å². The number of hydrogen-bond donors (Lipinski definition) is 4. The number of nitrogen functional groups attached to an aromatic ring is 2. The number of para-hydroxylation sites is 1. The Morgan fingerprint density at radius 3 is 1.98 bits per heavy atom. The molecule has 198 valence electrons. The molecular weight excluding hydrogens is 543 g/mol. The number of fused-ring (bicyclic) bond motifs is 2. The lowest BCUT2D eigenvalue weighted by molar-refractivity contribution is 0.101. The van der Waals surface area contributed by atoms with E-state index >= 15 is 0 Å². The summed E-state index contributed by atoms with van der Waals surface area (Å²) in [7, 11) is 0. The highest BCUT2D eigenvalue weighted by molar-refractivity contribution is 6.31. The monoisotopic (exact) mass is 558 g/mol. The number of imidazole rings is 2. The molecule has 0 aliphatic carbocycles. The summed E-state index contributed by atoms with van der Waals surface area (Å²) in [6.45, 7) is 0. The third-order valence-corrected chi connectivity index (χ3v) is 6.02. The molecule has 6 N–H and O–H groups in total. The molecule has 6 rings (SSSR count). The molecular formula is C24H16ClFN12O2. The Kier molecular flexibility index (Phi) is 5.88. The number of nitrogens with zero attached hydrogens (tertiary/aromatic N) is 8. The van der Waals surface area contributed by atoms with E-state index in [1.54, 1.807) is 6.07 Å². The summed E-state index contributed by atoms with van der Waals surface area (Å²) in [5.41, 5.74) is 13.0. The first kappa shape index (κ1) is 24.6. The average molecular weight is 559 g/mol. The van der Waals surface area contributed by atoms with Crippen molar-refractivity contribution in [2.45, 2.75) is 0 Å². The number of nitrogens with one attached hydrogen (secondary N) is 2. The van der Waals surface area contributed by atoms with Gasteiger partial charge in [-0.3, -0.25) is 20.2 Å². The Morgan fingerprint density at radius 2 is 1.38 bits per heavy atom. The van der Waals surface area contributed by atoms with Crippen LogP contribution in [0.15, 0.2) is 61.4 Å². The lowest BCUT2D eigenvalue weighted by Gasteiger charge is -2.09. The summed E-state index contributed by atoms with van der Waals surface area (Å²) in [5, 5.41) is 5.45. The van der Waals surface area contributed by atoms with Crippen LogP contribution in [0.1, 0.15) is 20.7 Å². The molecule has 40 heavy (non-hydrogen) atoms. The Labute approximate surface area is 227 Å². The summed E-state index contributed by atoms with van der Waals surface area (Å²) in [6.07, 6.45) is 5.73. The minimum Gasteiger partial charge on any atom is -0.398 e. The minimum atomic E-state index is -0.720. The van der Waals surface area contributed by atoms with Gasteiger partial charge < -0.3 is 11.5 Å². The fourth-order valence-corrected chi connectivity index (χ4v) is 4.00. The highest BCUT2D eigenvalue weighted by atomic mass is 35.5. The molecule has 0 fully saturated rings. The molecule has 0 aliphatic rings. The van der Waals surface area contributed by atoms with Crippen molar-refractivity contribution in [1.29, 1.82) is 0 Å². The lowest BCUT2D eigenvalue weighted by Crippen LogP contribution is -2.17. The van der Waals surface area contributed by atoms with Crippen LogP contribution in [0.25, 0.3) is 22.3 Å². The number of rotatable bonds is 5. The summed E-state index contributed by atoms with van der Waals surface area (Å²) < 4.78 is 16.8. The fourth-order valence-electron chi connectivity index (χ4n) is 3.83. The number of halogens is 2. The Balaban J connectivity index is 1.33. The van der Waals surface area contributed by atoms with Gasteiger partial charge in [-0.25, -0.2) is 33.7 Å². The van der Waals surface area contributed by atoms with Crippen LogP contribution in [-0.2, 0) is 0 Å². The quantitative estimate of drug-likeness (QED) is 0.228. The third-order valence-electron chi connectivity index (χ3n) is 5.79. The largest absolute Gasteiger partial charge is 0.398 e. The molecule has 14 nitrogen and oxygen atoms in total. The molecule has 0 spiro atoms. The van der Waals surface area contributed by atoms with Crippen molar-refractivity contribution in [2.24, 2.45) is 0 Å². The first-order chi connectivity index (χ1) is 19.3. The van der Waals surface area contributed by atoms with Gasteiger partial charge in [-0.05, 0) is 30.3 Å². The number of nitrogens with two attached hydrogens (primary N) is 2. The summed E-state index contributed by atoms with van der Waals surface area (Å²) in [6, 6.07) is 8.42. The number of carbonyl (C=O) groups is 2. The zero-order valence-corrected chi connectivity index (χ0v) is 20.8. The summed E-state index contributed by atoms with van der Waals surface area (Å²) in [5.74, 6) is -2.05. The minimum absolute atomic E-state index is 0.0155. The molecule has 2 aromatic carbocycles. The number of benzene rings is 2. The first-order valence-corrected chi connectivity index (χ1v) is 11.8. The zero-order valence-electron chi connectivity index (χ0n) is 20.1.